The summed E-state index contributed by atoms with van der Waals surface area (Å²) in [5.74, 6) is -1.07. The maximum absolute atomic E-state index is 14.2. The summed E-state index contributed by atoms with van der Waals surface area (Å²) < 4.78 is 19.9. The zero-order valence-corrected chi connectivity index (χ0v) is 20.2. The second-order valence-corrected chi connectivity index (χ2v) is 8.69. The van der Waals surface area contributed by atoms with Crippen molar-refractivity contribution in [3.63, 3.8) is 0 Å². The van der Waals surface area contributed by atoms with E-state index in [0.717, 1.165) is 16.9 Å². The minimum Gasteiger partial charge on any atom is -0.493 e. The van der Waals surface area contributed by atoms with Gasteiger partial charge in [0.2, 0.25) is 0 Å². The summed E-state index contributed by atoms with van der Waals surface area (Å²) in [4.78, 5) is 16.6. The van der Waals surface area contributed by atoms with Crippen molar-refractivity contribution >= 4 is 22.6 Å². The van der Waals surface area contributed by atoms with E-state index in [1.165, 1.54) is 18.2 Å². The Kier molecular flexibility index (Phi) is 7.16. The molecule has 6 nitrogen and oxygen atoms in total. The fourth-order valence-electron chi connectivity index (χ4n) is 4.17. The van der Waals surface area contributed by atoms with E-state index in [4.69, 9.17) is 4.74 Å². The molecule has 0 amide bonds. The topological polar surface area (TPSA) is 95.2 Å². The van der Waals surface area contributed by atoms with Crippen LogP contribution in [0, 0.1) is 23.1 Å². The third kappa shape index (κ3) is 4.84. The molecule has 0 aliphatic carbocycles. The molecule has 7 heteroatoms. The van der Waals surface area contributed by atoms with Gasteiger partial charge in [-0.15, -0.1) is 0 Å². The smallest absolute Gasteiger partial charge is 0.326 e. The number of anilines is 1. The van der Waals surface area contributed by atoms with E-state index in [1.54, 1.807) is 13.8 Å². The number of nitrogens with zero attached hydrogens (tertiary/aromatic N) is 2. The average molecular weight is 484 g/mol. The molecule has 1 heterocycles. The minimum atomic E-state index is -1.06. The number of fused-ring (bicyclic) bond motifs is 1. The van der Waals surface area contributed by atoms with E-state index < -0.39 is 17.8 Å². The van der Waals surface area contributed by atoms with E-state index in [-0.39, 0.29) is 17.2 Å². The molecule has 3 aromatic carbocycles. The molecular formula is C29H26FN3O3. The van der Waals surface area contributed by atoms with Crippen LogP contribution in [0.3, 0.4) is 0 Å². The number of rotatable bonds is 8. The van der Waals surface area contributed by atoms with Crippen molar-refractivity contribution in [1.29, 1.82) is 5.26 Å². The van der Waals surface area contributed by atoms with Gasteiger partial charge in [0.1, 0.15) is 29.2 Å². The molecule has 0 bridgehead atoms. The lowest BCUT2D eigenvalue weighted by Crippen LogP contribution is -2.34. The van der Waals surface area contributed by atoms with Crippen LogP contribution < -0.4 is 10.1 Å². The van der Waals surface area contributed by atoms with Crippen molar-refractivity contribution in [3.8, 4) is 34.2 Å². The first kappa shape index (κ1) is 24.7. The highest BCUT2D eigenvalue weighted by molar-refractivity contribution is 5.99. The number of carboxylic acids is 1. The fourth-order valence-corrected chi connectivity index (χ4v) is 4.17. The molecule has 0 aliphatic rings. The maximum Gasteiger partial charge on any atom is 0.326 e. The summed E-state index contributed by atoms with van der Waals surface area (Å²) in [6.45, 7) is 6.01. The van der Waals surface area contributed by atoms with Crippen molar-refractivity contribution in [2.24, 2.45) is 5.92 Å². The monoisotopic (exact) mass is 483 g/mol. The highest BCUT2D eigenvalue weighted by atomic mass is 19.1. The second kappa shape index (κ2) is 10.4. The molecule has 2 N–H and O–H groups in total. The number of halogens is 1. The Morgan fingerprint density at radius 2 is 1.81 bits per heavy atom. The van der Waals surface area contributed by atoms with Crippen LogP contribution in [-0.2, 0) is 4.79 Å². The molecule has 182 valence electrons. The summed E-state index contributed by atoms with van der Waals surface area (Å²) in [5.41, 5.74) is 3.80. The average Bonchev–Trinajstić information content (AvgIpc) is 2.87. The quantitative estimate of drug-likeness (QED) is 0.297. The molecule has 0 spiro atoms. The van der Waals surface area contributed by atoms with E-state index in [2.05, 4.69) is 16.4 Å². The number of nitriles is 1. The summed E-state index contributed by atoms with van der Waals surface area (Å²) in [5, 5.41) is 23.2. The first-order valence-corrected chi connectivity index (χ1v) is 11.7. The number of benzene rings is 3. The molecule has 0 radical (unpaired) electrons. The van der Waals surface area contributed by atoms with Gasteiger partial charge >= 0.3 is 5.97 Å². The molecule has 0 aliphatic heterocycles. The van der Waals surface area contributed by atoms with E-state index in [9.17, 15) is 19.6 Å². The molecule has 36 heavy (non-hydrogen) atoms. The summed E-state index contributed by atoms with van der Waals surface area (Å²) in [6, 6.07) is 20.6. The number of aromatic nitrogens is 1. The van der Waals surface area contributed by atoms with Gasteiger partial charge in [0.25, 0.3) is 0 Å². The normalized spacial score (nSPS) is 11.8. The van der Waals surface area contributed by atoms with Crippen molar-refractivity contribution in [3.05, 3.63) is 78.1 Å². The standard InChI is InChI=1S/C29H26FN3O3/c1-4-36-25-8-6-5-7-21(25)18-9-11-19(12-10-18)27-23(16-31)28(33-26(17(2)3)29(34)35)22-15-20(30)13-14-24(22)32-27/h5-15,17,26H,4H2,1-3H3,(H,32,33)(H,34,35). The Hall–Kier alpha value is -4.44. The largest absolute Gasteiger partial charge is 0.493 e. The number of aliphatic carboxylic acids is 1. The van der Waals surface area contributed by atoms with E-state index >= 15 is 0 Å². The predicted octanol–water partition coefficient (Wildman–Crippen LogP) is 6.50. The second-order valence-electron chi connectivity index (χ2n) is 8.69. The van der Waals surface area contributed by atoms with Crippen LogP contribution in [0.25, 0.3) is 33.3 Å². The Labute approximate surface area is 209 Å². The maximum atomic E-state index is 14.2. The van der Waals surface area contributed by atoms with Crippen molar-refractivity contribution < 1.29 is 19.0 Å². The highest BCUT2D eigenvalue weighted by Gasteiger charge is 2.25. The van der Waals surface area contributed by atoms with Gasteiger partial charge in [0.05, 0.1) is 23.5 Å². The third-order valence-corrected chi connectivity index (χ3v) is 5.95. The van der Waals surface area contributed by atoms with Gasteiger partial charge in [-0.2, -0.15) is 5.26 Å². The van der Waals surface area contributed by atoms with E-state index in [0.29, 0.717) is 28.8 Å². The number of pyridine rings is 1. The first-order chi connectivity index (χ1) is 17.3. The molecule has 4 aromatic rings. The molecule has 1 atom stereocenters. The first-order valence-electron chi connectivity index (χ1n) is 11.7. The fraction of sp³-hybridized carbons (Fsp3) is 0.207. The van der Waals surface area contributed by atoms with Gasteiger partial charge in [-0.25, -0.2) is 14.2 Å². The Balaban J connectivity index is 1.87. The molecular weight excluding hydrogens is 457 g/mol. The highest BCUT2D eigenvalue weighted by Crippen LogP contribution is 2.36. The van der Waals surface area contributed by atoms with Crippen LogP contribution in [0.15, 0.2) is 66.7 Å². The zero-order chi connectivity index (χ0) is 25.8. The van der Waals surface area contributed by atoms with Gasteiger partial charge in [0, 0.05) is 16.5 Å². The number of carboxylic acid groups (broad SMARTS) is 1. The molecule has 0 saturated heterocycles. The number of carbonyl (C=O) groups is 1. The van der Waals surface area contributed by atoms with Gasteiger partial charge in [0.15, 0.2) is 0 Å². The van der Waals surface area contributed by atoms with Crippen molar-refractivity contribution in [1.82, 2.24) is 4.98 Å². The Morgan fingerprint density at radius 3 is 2.44 bits per heavy atom. The van der Waals surface area contributed by atoms with Gasteiger partial charge in [-0.3, -0.25) is 0 Å². The molecule has 0 saturated carbocycles. The molecule has 4 rings (SSSR count). The van der Waals surface area contributed by atoms with Crippen molar-refractivity contribution in [2.45, 2.75) is 26.8 Å². The number of nitrogens with one attached hydrogen (secondary N) is 1. The van der Waals surface area contributed by atoms with Crippen LogP contribution in [-0.4, -0.2) is 28.7 Å². The van der Waals surface area contributed by atoms with Crippen LogP contribution in [0.1, 0.15) is 26.3 Å². The zero-order valence-electron chi connectivity index (χ0n) is 20.2. The van der Waals surface area contributed by atoms with Gasteiger partial charge in [-0.05, 0) is 42.7 Å². The number of para-hydroxylation sites is 1. The molecule has 1 unspecified atom stereocenters. The lowest BCUT2D eigenvalue weighted by molar-refractivity contribution is -0.138. The number of hydrogen-bond donors (Lipinski definition) is 2. The van der Waals surface area contributed by atoms with Crippen LogP contribution >= 0.6 is 0 Å². The summed E-state index contributed by atoms with van der Waals surface area (Å²) in [7, 11) is 0. The Morgan fingerprint density at radius 1 is 1.11 bits per heavy atom. The summed E-state index contributed by atoms with van der Waals surface area (Å²) >= 11 is 0. The van der Waals surface area contributed by atoms with Crippen molar-refractivity contribution in [2.75, 3.05) is 11.9 Å². The third-order valence-electron chi connectivity index (χ3n) is 5.95. The minimum absolute atomic E-state index is 0.155. The van der Waals surface area contributed by atoms with Gasteiger partial charge < -0.3 is 15.2 Å². The predicted molar refractivity (Wildman–Crippen MR) is 138 cm³/mol. The molecule has 0 fully saturated rings. The Bertz CT molecular complexity index is 1460. The number of ether oxygens (including phenoxy) is 1. The lowest BCUT2D eigenvalue weighted by Gasteiger charge is -2.22. The molecule has 1 aromatic heterocycles. The van der Waals surface area contributed by atoms with Crippen LogP contribution in [0.5, 0.6) is 5.75 Å². The summed E-state index contributed by atoms with van der Waals surface area (Å²) in [6.07, 6.45) is 0. The van der Waals surface area contributed by atoms with E-state index in [1.807, 2.05) is 55.5 Å². The number of hydrogen-bond acceptors (Lipinski definition) is 5. The SMILES string of the molecule is CCOc1ccccc1-c1ccc(-c2nc3ccc(F)cc3c(NC(C(=O)O)C(C)C)c2C#N)cc1. The lowest BCUT2D eigenvalue weighted by atomic mass is 9.97. The van der Waals surface area contributed by atoms with Crippen LogP contribution in [0.4, 0.5) is 10.1 Å². The van der Waals surface area contributed by atoms with Gasteiger partial charge in [-0.1, -0.05) is 56.3 Å². The van der Waals surface area contributed by atoms with Crippen LogP contribution in [0.2, 0.25) is 0 Å².